The summed E-state index contributed by atoms with van der Waals surface area (Å²) in [7, 11) is 0. The van der Waals surface area contributed by atoms with Gasteiger partial charge in [-0.25, -0.2) is 9.97 Å². The maximum absolute atomic E-state index is 5.76. The molecule has 1 fully saturated rings. The molecule has 21 heavy (non-hydrogen) atoms. The average molecular weight is 292 g/mol. The Bertz CT molecular complexity index is 458. The van der Waals surface area contributed by atoms with Gasteiger partial charge in [-0.3, -0.25) is 0 Å². The third-order valence-corrected chi connectivity index (χ3v) is 3.94. The van der Waals surface area contributed by atoms with E-state index in [2.05, 4.69) is 48.3 Å². The molecule has 0 amide bonds. The molecule has 2 heterocycles. The minimum absolute atomic E-state index is 0.268. The molecule has 0 radical (unpaired) electrons. The number of anilines is 2. The quantitative estimate of drug-likeness (QED) is 0.808. The molecule has 2 atom stereocenters. The van der Waals surface area contributed by atoms with E-state index >= 15 is 0 Å². The second kappa shape index (κ2) is 7.59. The summed E-state index contributed by atoms with van der Waals surface area (Å²) in [6.07, 6.45) is 4.49. The molecule has 1 aliphatic heterocycles. The van der Waals surface area contributed by atoms with Gasteiger partial charge in [0.05, 0.1) is 12.1 Å². The summed E-state index contributed by atoms with van der Waals surface area (Å²) in [5, 5.41) is 6.93. The number of aromatic nitrogens is 2. The molecular weight excluding hydrogens is 264 g/mol. The third kappa shape index (κ3) is 4.06. The predicted molar refractivity (Wildman–Crippen MR) is 87.0 cm³/mol. The zero-order valence-corrected chi connectivity index (χ0v) is 13.7. The van der Waals surface area contributed by atoms with Gasteiger partial charge in [-0.15, -0.1) is 0 Å². The normalized spacial score (nSPS) is 19.5. The smallest absolute Gasteiger partial charge is 0.135 e. The number of hydrogen-bond acceptors (Lipinski definition) is 5. The molecule has 1 saturated heterocycles. The fraction of sp³-hybridized carbons (Fsp3) is 0.750. The summed E-state index contributed by atoms with van der Waals surface area (Å²) in [5.41, 5.74) is 1.09. The predicted octanol–water partition coefficient (Wildman–Crippen LogP) is 3.15. The minimum atomic E-state index is 0.268. The molecule has 2 unspecified atom stereocenters. The van der Waals surface area contributed by atoms with Crippen LogP contribution in [-0.4, -0.2) is 35.3 Å². The first kappa shape index (κ1) is 16.0. The van der Waals surface area contributed by atoms with E-state index < -0.39 is 0 Å². The number of hydrogen-bond donors (Lipinski definition) is 2. The number of rotatable bonds is 7. The standard InChI is InChI=1S/C16H28N4O/c1-5-9-17-15-11(3)16(20-14(6-2)19-15)18-12(4)13-8-7-10-21-13/h12-13H,5-10H2,1-4H3,(H2,17,18,19,20). The van der Waals surface area contributed by atoms with E-state index in [0.717, 1.165) is 61.9 Å². The second-order valence-electron chi connectivity index (χ2n) is 5.73. The Morgan fingerprint density at radius 2 is 2.05 bits per heavy atom. The summed E-state index contributed by atoms with van der Waals surface area (Å²) in [5.74, 6) is 2.76. The van der Waals surface area contributed by atoms with Crippen molar-refractivity contribution in [1.29, 1.82) is 0 Å². The van der Waals surface area contributed by atoms with Crippen LogP contribution in [0.3, 0.4) is 0 Å². The molecule has 0 aliphatic carbocycles. The van der Waals surface area contributed by atoms with Crippen LogP contribution in [0, 0.1) is 6.92 Å². The molecule has 0 bridgehead atoms. The Kier molecular flexibility index (Phi) is 5.79. The van der Waals surface area contributed by atoms with Crippen molar-refractivity contribution in [3.05, 3.63) is 11.4 Å². The molecule has 0 saturated carbocycles. The first-order chi connectivity index (χ1) is 10.2. The topological polar surface area (TPSA) is 59.1 Å². The molecular formula is C16H28N4O. The van der Waals surface area contributed by atoms with Crippen LogP contribution in [-0.2, 0) is 11.2 Å². The van der Waals surface area contributed by atoms with Crippen LogP contribution in [0.15, 0.2) is 0 Å². The fourth-order valence-corrected chi connectivity index (χ4v) is 2.58. The van der Waals surface area contributed by atoms with Crippen molar-refractivity contribution in [1.82, 2.24) is 9.97 Å². The van der Waals surface area contributed by atoms with Crippen molar-refractivity contribution in [2.45, 2.75) is 65.5 Å². The van der Waals surface area contributed by atoms with Crippen molar-refractivity contribution >= 4 is 11.6 Å². The maximum atomic E-state index is 5.76. The lowest BCUT2D eigenvalue weighted by Crippen LogP contribution is -2.31. The molecule has 1 aliphatic rings. The molecule has 0 spiro atoms. The van der Waals surface area contributed by atoms with E-state index in [1.54, 1.807) is 0 Å². The van der Waals surface area contributed by atoms with E-state index in [1.165, 1.54) is 0 Å². The number of aryl methyl sites for hydroxylation is 1. The Morgan fingerprint density at radius 1 is 1.29 bits per heavy atom. The number of nitrogens with one attached hydrogen (secondary N) is 2. The largest absolute Gasteiger partial charge is 0.376 e. The molecule has 0 aromatic carbocycles. The highest BCUT2D eigenvalue weighted by Crippen LogP contribution is 2.24. The molecule has 2 rings (SSSR count). The molecule has 1 aromatic rings. The lowest BCUT2D eigenvalue weighted by atomic mass is 10.1. The van der Waals surface area contributed by atoms with Gasteiger partial charge in [-0.1, -0.05) is 13.8 Å². The summed E-state index contributed by atoms with van der Waals surface area (Å²) in [6.45, 7) is 10.3. The number of nitrogens with zero attached hydrogens (tertiary/aromatic N) is 2. The highest BCUT2D eigenvalue weighted by atomic mass is 16.5. The van der Waals surface area contributed by atoms with Crippen LogP contribution in [0.4, 0.5) is 11.6 Å². The first-order valence-electron chi connectivity index (χ1n) is 8.15. The van der Waals surface area contributed by atoms with E-state index in [9.17, 15) is 0 Å². The molecule has 5 nitrogen and oxygen atoms in total. The van der Waals surface area contributed by atoms with E-state index in [0.29, 0.717) is 0 Å². The average Bonchev–Trinajstić information content (AvgIpc) is 3.02. The summed E-state index contributed by atoms with van der Waals surface area (Å²) in [6, 6.07) is 0.268. The lowest BCUT2D eigenvalue weighted by molar-refractivity contribution is 0.0995. The van der Waals surface area contributed by atoms with Crippen LogP contribution in [0.5, 0.6) is 0 Å². The van der Waals surface area contributed by atoms with Crippen molar-refractivity contribution < 1.29 is 4.74 Å². The van der Waals surface area contributed by atoms with Gasteiger partial charge >= 0.3 is 0 Å². The summed E-state index contributed by atoms with van der Waals surface area (Å²) >= 11 is 0. The van der Waals surface area contributed by atoms with Crippen molar-refractivity contribution in [2.24, 2.45) is 0 Å². The van der Waals surface area contributed by atoms with Crippen LogP contribution < -0.4 is 10.6 Å². The Labute approximate surface area is 127 Å². The monoisotopic (exact) mass is 292 g/mol. The zero-order valence-electron chi connectivity index (χ0n) is 13.7. The van der Waals surface area contributed by atoms with Crippen LogP contribution in [0.2, 0.25) is 0 Å². The van der Waals surface area contributed by atoms with Gasteiger partial charge in [0, 0.05) is 25.1 Å². The van der Waals surface area contributed by atoms with Crippen molar-refractivity contribution in [2.75, 3.05) is 23.8 Å². The van der Waals surface area contributed by atoms with Crippen LogP contribution >= 0.6 is 0 Å². The van der Waals surface area contributed by atoms with Gasteiger partial charge in [0.25, 0.3) is 0 Å². The SMILES string of the molecule is CCCNc1nc(CC)nc(NC(C)C2CCCO2)c1C. The fourth-order valence-electron chi connectivity index (χ4n) is 2.58. The molecule has 1 aromatic heterocycles. The van der Waals surface area contributed by atoms with Crippen LogP contribution in [0.1, 0.15) is 51.4 Å². The molecule has 118 valence electrons. The van der Waals surface area contributed by atoms with Crippen molar-refractivity contribution in [3.8, 4) is 0 Å². The van der Waals surface area contributed by atoms with Gasteiger partial charge in [0.2, 0.25) is 0 Å². The van der Waals surface area contributed by atoms with Crippen molar-refractivity contribution in [3.63, 3.8) is 0 Å². The van der Waals surface area contributed by atoms with Crippen LogP contribution in [0.25, 0.3) is 0 Å². The van der Waals surface area contributed by atoms with Gasteiger partial charge in [-0.2, -0.15) is 0 Å². The van der Waals surface area contributed by atoms with E-state index in [4.69, 9.17) is 4.74 Å². The zero-order chi connectivity index (χ0) is 15.2. The highest BCUT2D eigenvalue weighted by molar-refractivity contribution is 5.57. The lowest BCUT2D eigenvalue weighted by Gasteiger charge is -2.22. The Morgan fingerprint density at radius 3 is 2.67 bits per heavy atom. The summed E-state index contributed by atoms with van der Waals surface area (Å²) in [4.78, 5) is 9.25. The highest BCUT2D eigenvalue weighted by Gasteiger charge is 2.23. The van der Waals surface area contributed by atoms with Gasteiger partial charge in [0.1, 0.15) is 17.5 Å². The second-order valence-corrected chi connectivity index (χ2v) is 5.73. The van der Waals surface area contributed by atoms with E-state index in [1.807, 2.05) is 0 Å². The van der Waals surface area contributed by atoms with E-state index in [-0.39, 0.29) is 12.1 Å². The maximum Gasteiger partial charge on any atom is 0.135 e. The van der Waals surface area contributed by atoms with Gasteiger partial charge < -0.3 is 15.4 Å². The first-order valence-corrected chi connectivity index (χ1v) is 8.15. The Balaban J connectivity index is 2.16. The minimum Gasteiger partial charge on any atom is -0.376 e. The third-order valence-electron chi connectivity index (χ3n) is 3.94. The summed E-state index contributed by atoms with van der Waals surface area (Å²) < 4.78 is 5.76. The van der Waals surface area contributed by atoms with Gasteiger partial charge in [-0.05, 0) is 33.1 Å². The van der Waals surface area contributed by atoms with Gasteiger partial charge in [0.15, 0.2) is 0 Å². The molecule has 5 heteroatoms. The Hall–Kier alpha value is -1.36. The molecule has 2 N–H and O–H groups in total. The number of ether oxygens (including phenoxy) is 1.